The van der Waals surface area contributed by atoms with Crippen LogP contribution in [0.2, 0.25) is 39.3 Å². The normalized spacial score (nSPS) is 12.1. The SMILES string of the molecule is C[Si](C)(C)OC(=O)N(c1ccccc1)[Si](C)(C)C. The van der Waals surface area contributed by atoms with E-state index in [1.807, 2.05) is 54.5 Å². The average molecular weight is 282 g/mol. The molecule has 1 rings (SSSR count). The molecule has 0 aliphatic rings. The Hall–Kier alpha value is -1.08. The van der Waals surface area contributed by atoms with Gasteiger partial charge in [0, 0.05) is 5.69 Å². The first-order chi connectivity index (χ1) is 8.11. The van der Waals surface area contributed by atoms with Crippen LogP contribution in [0, 0.1) is 0 Å². The smallest absolute Gasteiger partial charge is 0.392 e. The lowest BCUT2D eigenvalue weighted by molar-refractivity contribution is 0.210. The second-order valence-electron chi connectivity index (χ2n) is 6.32. The van der Waals surface area contributed by atoms with Crippen LogP contribution in [0.3, 0.4) is 0 Å². The fourth-order valence-corrected chi connectivity index (χ4v) is 3.87. The number of hydrogen-bond acceptors (Lipinski definition) is 2. The summed E-state index contributed by atoms with van der Waals surface area (Å²) in [5.41, 5.74) is 0.930. The standard InChI is InChI=1S/C13H23NO2Si2/c1-17(2,3)14(12-10-8-7-9-11-12)13(15)16-18(4,5)6/h7-11H,1-6H3. The number of carbonyl (C=O) groups is 1. The highest BCUT2D eigenvalue weighted by molar-refractivity contribution is 6.83. The van der Waals surface area contributed by atoms with Gasteiger partial charge in [0.1, 0.15) is 0 Å². The Bertz CT molecular complexity index is 407. The van der Waals surface area contributed by atoms with Crippen molar-refractivity contribution in [1.29, 1.82) is 0 Å². The summed E-state index contributed by atoms with van der Waals surface area (Å²) < 4.78 is 7.49. The zero-order chi connectivity index (χ0) is 14.0. The molecule has 0 aliphatic heterocycles. The molecule has 0 bridgehead atoms. The molecular weight excluding hydrogens is 258 g/mol. The van der Waals surface area contributed by atoms with E-state index in [1.165, 1.54) is 0 Å². The molecule has 0 aromatic heterocycles. The van der Waals surface area contributed by atoms with Crippen LogP contribution in [-0.4, -0.2) is 22.6 Å². The maximum atomic E-state index is 12.4. The van der Waals surface area contributed by atoms with Gasteiger partial charge in [-0.1, -0.05) is 37.8 Å². The third-order valence-corrected chi connectivity index (χ3v) is 4.83. The Kier molecular flexibility index (Phi) is 4.39. The highest BCUT2D eigenvalue weighted by Crippen LogP contribution is 2.23. The number of para-hydroxylation sites is 1. The quantitative estimate of drug-likeness (QED) is 0.773. The van der Waals surface area contributed by atoms with Crippen molar-refractivity contribution in [3.8, 4) is 0 Å². The molecule has 0 radical (unpaired) electrons. The molecule has 5 heteroatoms. The van der Waals surface area contributed by atoms with Gasteiger partial charge in [0.25, 0.3) is 0 Å². The molecule has 1 aromatic rings. The summed E-state index contributed by atoms with van der Waals surface area (Å²) in [4.78, 5) is 12.4. The van der Waals surface area contributed by atoms with E-state index in [4.69, 9.17) is 4.43 Å². The van der Waals surface area contributed by atoms with Gasteiger partial charge in [-0.05, 0) is 31.8 Å². The fraction of sp³-hybridized carbons (Fsp3) is 0.462. The molecule has 1 amide bonds. The minimum Gasteiger partial charge on any atom is -0.505 e. The number of amides is 1. The van der Waals surface area contributed by atoms with Crippen LogP contribution in [0.25, 0.3) is 0 Å². The van der Waals surface area contributed by atoms with E-state index in [9.17, 15) is 4.79 Å². The van der Waals surface area contributed by atoms with Gasteiger partial charge < -0.3 is 8.99 Å². The van der Waals surface area contributed by atoms with Crippen LogP contribution in [0.15, 0.2) is 30.3 Å². The summed E-state index contributed by atoms with van der Waals surface area (Å²) in [7, 11) is -3.67. The first-order valence-electron chi connectivity index (χ1n) is 6.19. The zero-order valence-corrected chi connectivity index (χ0v) is 14.2. The number of anilines is 1. The molecule has 0 spiro atoms. The van der Waals surface area contributed by atoms with Gasteiger partial charge in [-0.15, -0.1) is 0 Å². The summed E-state index contributed by atoms with van der Waals surface area (Å²) in [6, 6.07) is 9.78. The summed E-state index contributed by atoms with van der Waals surface area (Å²) in [6.45, 7) is 12.5. The van der Waals surface area contributed by atoms with Crippen LogP contribution in [-0.2, 0) is 4.43 Å². The van der Waals surface area contributed by atoms with Crippen molar-refractivity contribution in [2.24, 2.45) is 0 Å². The van der Waals surface area contributed by atoms with Gasteiger partial charge in [-0.2, -0.15) is 0 Å². The molecule has 0 fully saturated rings. The van der Waals surface area contributed by atoms with Crippen molar-refractivity contribution in [3.63, 3.8) is 0 Å². The second-order valence-corrected chi connectivity index (χ2v) is 15.5. The van der Waals surface area contributed by atoms with Crippen molar-refractivity contribution in [1.82, 2.24) is 0 Å². The fourth-order valence-electron chi connectivity index (χ4n) is 1.65. The first-order valence-corrected chi connectivity index (χ1v) is 13.0. The molecule has 0 aliphatic carbocycles. The second kappa shape index (κ2) is 5.28. The van der Waals surface area contributed by atoms with E-state index in [2.05, 4.69) is 19.6 Å². The highest BCUT2D eigenvalue weighted by Gasteiger charge is 2.33. The van der Waals surface area contributed by atoms with Crippen LogP contribution in [0.4, 0.5) is 10.5 Å². The predicted octanol–water partition coefficient (Wildman–Crippen LogP) is 4.30. The van der Waals surface area contributed by atoms with E-state index in [0.717, 1.165) is 5.69 Å². The average Bonchev–Trinajstić information content (AvgIpc) is 2.13. The minimum absolute atomic E-state index is 0.195. The molecule has 0 atom stereocenters. The van der Waals surface area contributed by atoms with Gasteiger partial charge in [0.2, 0.25) is 8.32 Å². The lowest BCUT2D eigenvalue weighted by Crippen LogP contribution is -2.52. The molecule has 100 valence electrons. The Morgan fingerprint density at radius 2 is 1.50 bits per heavy atom. The number of benzene rings is 1. The number of hydrogen-bond donors (Lipinski definition) is 0. The van der Waals surface area contributed by atoms with Crippen LogP contribution in [0.5, 0.6) is 0 Å². The molecule has 0 N–H and O–H groups in total. The molecule has 3 nitrogen and oxygen atoms in total. The molecule has 0 saturated heterocycles. The minimum atomic E-state index is -1.86. The maximum absolute atomic E-state index is 12.4. The van der Waals surface area contributed by atoms with Crippen LogP contribution >= 0.6 is 0 Å². The number of carbonyl (C=O) groups excluding carboxylic acids is 1. The molecule has 18 heavy (non-hydrogen) atoms. The van der Waals surface area contributed by atoms with E-state index in [0.29, 0.717) is 0 Å². The van der Waals surface area contributed by atoms with Gasteiger partial charge >= 0.3 is 6.09 Å². The van der Waals surface area contributed by atoms with E-state index >= 15 is 0 Å². The number of rotatable bonds is 3. The largest absolute Gasteiger partial charge is 0.505 e. The third-order valence-electron chi connectivity index (χ3n) is 2.26. The van der Waals surface area contributed by atoms with E-state index in [1.54, 1.807) is 0 Å². The van der Waals surface area contributed by atoms with Gasteiger partial charge in [0.05, 0.1) is 0 Å². The van der Waals surface area contributed by atoms with Crippen molar-refractivity contribution >= 4 is 28.3 Å². The Labute approximate surface area is 112 Å². The van der Waals surface area contributed by atoms with Gasteiger partial charge in [0.15, 0.2) is 8.24 Å². The lowest BCUT2D eigenvalue weighted by Gasteiger charge is -2.35. The highest BCUT2D eigenvalue weighted by atomic mass is 28.4. The summed E-state index contributed by atoms with van der Waals surface area (Å²) >= 11 is 0. The Morgan fingerprint density at radius 1 is 1.00 bits per heavy atom. The van der Waals surface area contributed by atoms with Crippen molar-refractivity contribution in [2.45, 2.75) is 39.3 Å². The monoisotopic (exact) mass is 281 g/mol. The summed E-state index contributed by atoms with van der Waals surface area (Å²) in [5.74, 6) is 0. The molecule has 0 heterocycles. The Morgan fingerprint density at radius 3 is 1.89 bits per heavy atom. The van der Waals surface area contributed by atoms with Crippen LogP contribution in [0.1, 0.15) is 0 Å². The first kappa shape index (κ1) is 15.0. The van der Waals surface area contributed by atoms with E-state index in [-0.39, 0.29) is 6.09 Å². The molecule has 1 aromatic carbocycles. The van der Waals surface area contributed by atoms with Crippen molar-refractivity contribution in [2.75, 3.05) is 4.57 Å². The topological polar surface area (TPSA) is 29.5 Å². The third kappa shape index (κ3) is 4.31. The summed E-state index contributed by atoms with van der Waals surface area (Å²) in [5, 5.41) is 0. The lowest BCUT2D eigenvalue weighted by atomic mass is 10.3. The maximum Gasteiger partial charge on any atom is 0.392 e. The van der Waals surface area contributed by atoms with Crippen molar-refractivity contribution < 1.29 is 9.22 Å². The van der Waals surface area contributed by atoms with Gasteiger partial charge in [-0.3, -0.25) is 0 Å². The summed E-state index contributed by atoms with van der Waals surface area (Å²) in [6.07, 6.45) is -0.195. The number of nitrogens with zero attached hydrogens (tertiary/aromatic N) is 1. The van der Waals surface area contributed by atoms with Crippen molar-refractivity contribution in [3.05, 3.63) is 30.3 Å². The molecule has 0 saturated carbocycles. The zero-order valence-electron chi connectivity index (χ0n) is 12.2. The van der Waals surface area contributed by atoms with E-state index < -0.39 is 16.6 Å². The van der Waals surface area contributed by atoms with Gasteiger partial charge in [-0.25, -0.2) is 4.79 Å². The molecule has 0 unspecified atom stereocenters. The molecular formula is C13H23NO2Si2. The van der Waals surface area contributed by atoms with Crippen LogP contribution < -0.4 is 4.57 Å². The predicted molar refractivity (Wildman–Crippen MR) is 82.1 cm³/mol. The Balaban J connectivity index is 3.05.